The zero-order valence-electron chi connectivity index (χ0n) is 12.2. The van der Waals surface area contributed by atoms with Gasteiger partial charge in [0.2, 0.25) is 5.91 Å². The van der Waals surface area contributed by atoms with Crippen molar-refractivity contribution in [1.29, 1.82) is 5.26 Å². The van der Waals surface area contributed by atoms with E-state index < -0.39 is 21.3 Å². The molecule has 0 bridgehead atoms. The minimum absolute atomic E-state index is 0.113. The van der Waals surface area contributed by atoms with Crippen molar-refractivity contribution in [2.45, 2.75) is 52.5 Å². The number of carbonyl (C=O) groups is 1. The summed E-state index contributed by atoms with van der Waals surface area (Å²) in [4.78, 5) is 12.2. The van der Waals surface area contributed by atoms with Crippen LogP contribution in [0.2, 0.25) is 0 Å². The van der Waals surface area contributed by atoms with Crippen LogP contribution in [0.3, 0.4) is 0 Å². The van der Waals surface area contributed by atoms with Crippen molar-refractivity contribution in [3.8, 4) is 6.07 Å². The molecule has 0 spiro atoms. The van der Waals surface area contributed by atoms with Crippen molar-refractivity contribution in [1.82, 2.24) is 5.32 Å². The fourth-order valence-electron chi connectivity index (χ4n) is 2.23. The van der Waals surface area contributed by atoms with E-state index in [1.807, 2.05) is 13.8 Å². The first-order chi connectivity index (χ1) is 8.70. The Kier molecular flexibility index (Phi) is 7.06. The molecular formula is C13H24N2O3S. The highest BCUT2D eigenvalue weighted by Gasteiger charge is 2.37. The molecule has 0 rings (SSSR count). The fourth-order valence-corrected chi connectivity index (χ4v) is 3.22. The lowest BCUT2D eigenvalue weighted by atomic mass is 9.79. The van der Waals surface area contributed by atoms with Crippen LogP contribution >= 0.6 is 0 Å². The van der Waals surface area contributed by atoms with E-state index in [1.54, 1.807) is 6.92 Å². The zero-order valence-corrected chi connectivity index (χ0v) is 13.0. The van der Waals surface area contributed by atoms with Gasteiger partial charge in [-0.1, -0.05) is 26.7 Å². The maximum Gasteiger partial charge on any atom is 0.240 e. The summed E-state index contributed by atoms with van der Waals surface area (Å²) >= 11 is 0. The van der Waals surface area contributed by atoms with E-state index in [9.17, 15) is 18.5 Å². The second-order valence-corrected chi connectivity index (χ2v) is 7.35. The van der Waals surface area contributed by atoms with Gasteiger partial charge in [0.25, 0.3) is 0 Å². The van der Waals surface area contributed by atoms with Crippen LogP contribution in [0.25, 0.3) is 0 Å². The average Bonchev–Trinajstić information content (AvgIpc) is 2.25. The summed E-state index contributed by atoms with van der Waals surface area (Å²) in [6.07, 6.45) is 3.59. The molecule has 0 aromatic carbocycles. The first-order valence-corrected chi connectivity index (χ1v) is 8.66. The van der Waals surface area contributed by atoms with E-state index in [0.29, 0.717) is 12.8 Å². The van der Waals surface area contributed by atoms with Gasteiger partial charge in [0.15, 0.2) is 0 Å². The van der Waals surface area contributed by atoms with E-state index in [-0.39, 0.29) is 11.7 Å². The molecule has 0 aliphatic rings. The van der Waals surface area contributed by atoms with Crippen molar-refractivity contribution < 1.29 is 13.2 Å². The third kappa shape index (κ3) is 6.06. The SMILES string of the molecule is CCCC(C#N)(CCC)C(=O)NC(C)CS(C)(=O)=O. The van der Waals surface area contributed by atoms with E-state index in [0.717, 1.165) is 19.1 Å². The Bertz CT molecular complexity index is 431. The Balaban J connectivity index is 4.88. The van der Waals surface area contributed by atoms with Crippen LogP contribution in [0.4, 0.5) is 0 Å². The van der Waals surface area contributed by atoms with Crippen molar-refractivity contribution in [2.75, 3.05) is 12.0 Å². The molecule has 1 unspecified atom stereocenters. The van der Waals surface area contributed by atoms with E-state index in [4.69, 9.17) is 0 Å². The summed E-state index contributed by atoms with van der Waals surface area (Å²) in [7, 11) is -3.14. The van der Waals surface area contributed by atoms with Crippen molar-refractivity contribution in [3.05, 3.63) is 0 Å². The minimum atomic E-state index is -3.14. The lowest BCUT2D eigenvalue weighted by Gasteiger charge is -2.26. The lowest BCUT2D eigenvalue weighted by Crippen LogP contribution is -2.46. The van der Waals surface area contributed by atoms with Gasteiger partial charge in [0.1, 0.15) is 15.3 Å². The Morgan fingerprint density at radius 3 is 2.11 bits per heavy atom. The quantitative estimate of drug-likeness (QED) is 0.735. The van der Waals surface area contributed by atoms with Crippen molar-refractivity contribution in [2.24, 2.45) is 5.41 Å². The van der Waals surface area contributed by atoms with Gasteiger partial charge < -0.3 is 5.32 Å². The van der Waals surface area contributed by atoms with E-state index in [1.165, 1.54) is 0 Å². The summed E-state index contributed by atoms with van der Waals surface area (Å²) in [5, 5.41) is 12.0. The fraction of sp³-hybridized carbons (Fsp3) is 0.846. The van der Waals surface area contributed by atoms with Crippen LogP contribution < -0.4 is 5.32 Å². The number of hydrogen-bond acceptors (Lipinski definition) is 4. The normalized spacial score (nSPS) is 13.6. The molecule has 0 saturated carbocycles. The second-order valence-electron chi connectivity index (χ2n) is 5.16. The molecule has 0 aromatic heterocycles. The molecule has 1 atom stereocenters. The number of nitrogens with zero attached hydrogens (tertiary/aromatic N) is 1. The van der Waals surface area contributed by atoms with Gasteiger partial charge in [-0.3, -0.25) is 4.79 Å². The van der Waals surface area contributed by atoms with Crippen LogP contribution in [0, 0.1) is 16.7 Å². The van der Waals surface area contributed by atoms with Crippen LogP contribution in [0.5, 0.6) is 0 Å². The predicted molar refractivity (Wildman–Crippen MR) is 75.2 cm³/mol. The number of nitriles is 1. The van der Waals surface area contributed by atoms with Crippen LogP contribution in [-0.4, -0.2) is 32.4 Å². The first kappa shape index (κ1) is 17.9. The van der Waals surface area contributed by atoms with Gasteiger partial charge >= 0.3 is 0 Å². The summed E-state index contributed by atoms with van der Waals surface area (Å²) < 4.78 is 22.4. The van der Waals surface area contributed by atoms with Gasteiger partial charge in [-0.25, -0.2) is 8.42 Å². The smallest absolute Gasteiger partial charge is 0.240 e. The largest absolute Gasteiger partial charge is 0.351 e. The highest BCUT2D eigenvalue weighted by atomic mass is 32.2. The van der Waals surface area contributed by atoms with E-state index in [2.05, 4.69) is 11.4 Å². The van der Waals surface area contributed by atoms with Gasteiger partial charge in [-0.05, 0) is 19.8 Å². The number of amides is 1. The van der Waals surface area contributed by atoms with E-state index >= 15 is 0 Å². The van der Waals surface area contributed by atoms with Crippen LogP contribution in [0.1, 0.15) is 46.5 Å². The van der Waals surface area contributed by atoms with Crippen molar-refractivity contribution >= 4 is 15.7 Å². The Morgan fingerprint density at radius 1 is 1.32 bits per heavy atom. The Morgan fingerprint density at radius 2 is 1.79 bits per heavy atom. The van der Waals surface area contributed by atoms with Gasteiger partial charge in [-0.2, -0.15) is 5.26 Å². The summed E-state index contributed by atoms with van der Waals surface area (Å²) in [5.41, 5.74) is -1.03. The summed E-state index contributed by atoms with van der Waals surface area (Å²) in [6.45, 7) is 5.49. The molecule has 0 aliphatic heterocycles. The van der Waals surface area contributed by atoms with Gasteiger partial charge in [0, 0.05) is 12.3 Å². The molecule has 0 aliphatic carbocycles. The molecule has 0 saturated heterocycles. The topological polar surface area (TPSA) is 87.0 Å². The number of hydrogen-bond donors (Lipinski definition) is 1. The minimum Gasteiger partial charge on any atom is -0.351 e. The molecule has 0 radical (unpaired) electrons. The zero-order chi connectivity index (χ0) is 15.1. The van der Waals surface area contributed by atoms with Crippen LogP contribution in [0.15, 0.2) is 0 Å². The average molecular weight is 288 g/mol. The molecule has 0 aromatic rings. The van der Waals surface area contributed by atoms with Crippen LogP contribution in [-0.2, 0) is 14.6 Å². The standard InChI is InChI=1S/C13H24N2O3S/c1-5-7-13(10-14,8-6-2)12(16)15-11(3)9-19(4,17)18/h11H,5-9H2,1-4H3,(H,15,16). The maximum atomic E-state index is 12.2. The van der Waals surface area contributed by atoms with Gasteiger partial charge in [0.05, 0.1) is 11.8 Å². The summed E-state index contributed by atoms with van der Waals surface area (Å²) in [6, 6.07) is 1.64. The molecule has 0 fully saturated rings. The molecule has 1 N–H and O–H groups in total. The Labute approximate surface area is 116 Å². The number of nitrogens with one attached hydrogen (secondary N) is 1. The molecule has 0 heterocycles. The second kappa shape index (κ2) is 7.49. The predicted octanol–water partition coefficient (Wildman–Crippen LogP) is 1.65. The molecular weight excluding hydrogens is 264 g/mol. The van der Waals surface area contributed by atoms with Crippen molar-refractivity contribution in [3.63, 3.8) is 0 Å². The highest BCUT2D eigenvalue weighted by Crippen LogP contribution is 2.29. The lowest BCUT2D eigenvalue weighted by molar-refractivity contribution is -0.129. The molecule has 110 valence electrons. The molecule has 6 heteroatoms. The molecule has 1 amide bonds. The van der Waals surface area contributed by atoms with Gasteiger partial charge in [-0.15, -0.1) is 0 Å². The third-order valence-electron chi connectivity index (χ3n) is 2.93. The number of sulfone groups is 1. The highest BCUT2D eigenvalue weighted by molar-refractivity contribution is 7.90. The molecule has 5 nitrogen and oxygen atoms in total. The third-order valence-corrected chi connectivity index (χ3v) is 4.04. The summed E-state index contributed by atoms with van der Waals surface area (Å²) in [5.74, 6) is -0.465. The number of carbonyl (C=O) groups excluding carboxylic acids is 1. The monoisotopic (exact) mass is 288 g/mol. The molecule has 19 heavy (non-hydrogen) atoms. The number of rotatable bonds is 8. The first-order valence-electron chi connectivity index (χ1n) is 6.60. The Hall–Kier alpha value is -1.09. The maximum absolute atomic E-state index is 12.2.